The van der Waals surface area contributed by atoms with Crippen molar-refractivity contribution in [3.05, 3.63) is 48.0 Å². The highest BCUT2D eigenvalue weighted by atomic mass is 32.2. The average Bonchev–Trinajstić information content (AvgIpc) is 3.34. The second-order valence-electron chi connectivity index (χ2n) is 7.15. The van der Waals surface area contributed by atoms with Gasteiger partial charge in [0.15, 0.2) is 0 Å². The van der Waals surface area contributed by atoms with Gasteiger partial charge in [-0.25, -0.2) is 9.07 Å². The van der Waals surface area contributed by atoms with Gasteiger partial charge in [-0.3, -0.25) is 9.59 Å². The molecular weight excluding hydrogens is 367 g/mol. The molecule has 2 aliphatic heterocycles. The summed E-state index contributed by atoms with van der Waals surface area (Å²) in [6.07, 6.45) is 7.17. The molecule has 1 aliphatic carbocycles. The maximum atomic E-state index is 14.6. The largest absolute Gasteiger partial charge is 0.349 e. The number of nitrogens with one attached hydrogen (secondary N) is 1. The van der Waals surface area contributed by atoms with Gasteiger partial charge < -0.3 is 10.2 Å². The van der Waals surface area contributed by atoms with Crippen LogP contribution >= 0.6 is 11.8 Å². The lowest BCUT2D eigenvalue weighted by Gasteiger charge is -2.37. The van der Waals surface area contributed by atoms with Crippen molar-refractivity contribution < 1.29 is 14.0 Å². The number of fused-ring (bicyclic) bond motifs is 1. The Bertz CT molecular complexity index is 865. The highest BCUT2D eigenvalue weighted by Crippen LogP contribution is 2.45. The zero-order chi connectivity index (χ0) is 19.0. The molecule has 5 rings (SSSR count). The van der Waals surface area contributed by atoms with Crippen LogP contribution in [0.3, 0.4) is 0 Å². The number of hydrogen-bond acceptors (Lipinski definition) is 4. The van der Waals surface area contributed by atoms with E-state index in [2.05, 4.69) is 10.4 Å². The first kappa shape index (κ1) is 18.0. The number of rotatable bonds is 6. The van der Waals surface area contributed by atoms with E-state index in [4.69, 9.17) is 0 Å². The van der Waals surface area contributed by atoms with Gasteiger partial charge in [0.25, 0.3) is 5.91 Å². The number of thioether (sulfide) groups is 1. The van der Waals surface area contributed by atoms with E-state index < -0.39 is 5.82 Å². The predicted molar refractivity (Wildman–Crippen MR) is 101 cm³/mol. The number of hydrogen-bond donors (Lipinski definition) is 1. The molecule has 27 heavy (non-hydrogen) atoms. The van der Waals surface area contributed by atoms with E-state index >= 15 is 0 Å². The molecule has 1 aromatic heterocycles. The quantitative estimate of drug-likeness (QED) is 0.824. The minimum Gasteiger partial charge on any atom is -0.349 e. The lowest BCUT2D eigenvalue weighted by Crippen LogP contribution is -2.55. The maximum absolute atomic E-state index is 14.6. The standard InChI is InChI=1S/C19H21FN4O2S/c1-27-9-6-16(25)22-19-10-13(11-19)23(12-19)18(26)17-14(20)4-2-5-15(17)24-8-3-7-21-24/h2-5,7-8,13H,6,9-12H2,1H3,(H,22,25). The summed E-state index contributed by atoms with van der Waals surface area (Å²) < 4.78 is 16.1. The number of benzene rings is 1. The highest BCUT2D eigenvalue weighted by molar-refractivity contribution is 7.98. The van der Waals surface area contributed by atoms with Crippen LogP contribution in [0.1, 0.15) is 29.6 Å². The Morgan fingerprint density at radius 1 is 1.37 bits per heavy atom. The van der Waals surface area contributed by atoms with Crippen LogP contribution in [0, 0.1) is 5.82 Å². The zero-order valence-corrected chi connectivity index (χ0v) is 15.8. The summed E-state index contributed by atoms with van der Waals surface area (Å²) in [5.41, 5.74) is 0.0946. The first-order valence-corrected chi connectivity index (χ1v) is 10.3. The molecule has 3 aliphatic rings. The molecule has 2 saturated heterocycles. The molecule has 3 heterocycles. The third kappa shape index (κ3) is 3.22. The molecule has 142 valence electrons. The van der Waals surface area contributed by atoms with Crippen molar-refractivity contribution in [2.24, 2.45) is 0 Å². The van der Waals surface area contributed by atoms with Gasteiger partial charge in [0.05, 0.1) is 11.2 Å². The van der Waals surface area contributed by atoms with Crippen LogP contribution in [0.15, 0.2) is 36.7 Å². The number of aromatic nitrogens is 2. The number of nitrogens with zero attached hydrogens (tertiary/aromatic N) is 3. The van der Waals surface area contributed by atoms with Gasteiger partial charge in [-0.1, -0.05) is 6.07 Å². The van der Waals surface area contributed by atoms with Gasteiger partial charge in [-0.05, 0) is 37.3 Å². The van der Waals surface area contributed by atoms with E-state index in [0.29, 0.717) is 18.7 Å². The Morgan fingerprint density at radius 2 is 2.19 bits per heavy atom. The van der Waals surface area contributed by atoms with Crippen molar-refractivity contribution in [2.45, 2.75) is 30.8 Å². The second kappa shape index (κ2) is 6.99. The van der Waals surface area contributed by atoms with E-state index in [-0.39, 0.29) is 29.0 Å². The van der Waals surface area contributed by atoms with Crippen molar-refractivity contribution in [2.75, 3.05) is 18.6 Å². The molecule has 3 fully saturated rings. The van der Waals surface area contributed by atoms with Gasteiger partial charge >= 0.3 is 0 Å². The minimum atomic E-state index is -0.560. The van der Waals surface area contributed by atoms with E-state index in [1.807, 2.05) is 6.26 Å². The fourth-order valence-electron chi connectivity index (χ4n) is 4.05. The monoisotopic (exact) mass is 388 g/mol. The lowest BCUT2D eigenvalue weighted by atomic mass is 9.78. The first-order chi connectivity index (χ1) is 13.0. The Morgan fingerprint density at radius 3 is 2.89 bits per heavy atom. The predicted octanol–water partition coefficient (Wildman–Crippen LogP) is 2.24. The molecular formula is C19H21FN4O2S. The number of amides is 2. The third-order valence-electron chi connectivity index (χ3n) is 5.32. The van der Waals surface area contributed by atoms with Crippen LogP contribution < -0.4 is 5.32 Å². The molecule has 2 amide bonds. The minimum absolute atomic E-state index is 0.0141. The van der Waals surface area contributed by atoms with Crippen LogP contribution in [0.5, 0.6) is 0 Å². The normalized spacial score (nSPS) is 23.2. The summed E-state index contributed by atoms with van der Waals surface area (Å²) in [6.45, 7) is 0.425. The molecule has 0 atom stereocenters. The Kier molecular flexibility index (Phi) is 4.67. The van der Waals surface area contributed by atoms with Crippen molar-refractivity contribution >= 4 is 23.6 Å². The zero-order valence-electron chi connectivity index (χ0n) is 15.0. The number of halogens is 1. The Balaban J connectivity index is 1.54. The molecule has 6 nitrogen and oxygen atoms in total. The molecule has 2 bridgehead atoms. The van der Waals surface area contributed by atoms with Crippen LogP contribution in [0.2, 0.25) is 0 Å². The van der Waals surface area contributed by atoms with Crippen molar-refractivity contribution in [1.82, 2.24) is 20.0 Å². The summed E-state index contributed by atoms with van der Waals surface area (Å²) in [5, 5.41) is 7.22. The Hall–Kier alpha value is -2.35. The van der Waals surface area contributed by atoms with Crippen LogP contribution in [-0.4, -0.2) is 56.6 Å². The van der Waals surface area contributed by atoms with E-state index in [9.17, 15) is 14.0 Å². The van der Waals surface area contributed by atoms with Gasteiger partial charge in [0.2, 0.25) is 5.91 Å². The van der Waals surface area contributed by atoms with Crippen molar-refractivity contribution in [1.29, 1.82) is 0 Å². The fourth-order valence-corrected chi connectivity index (χ4v) is 4.44. The molecule has 1 saturated carbocycles. The van der Waals surface area contributed by atoms with E-state index in [1.165, 1.54) is 10.7 Å². The fraction of sp³-hybridized carbons (Fsp3) is 0.421. The summed E-state index contributed by atoms with van der Waals surface area (Å²) in [5.74, 6) is -0.118. The van der Waals surface area contributed by atoms with Crippen molar-refractivity contribution in [3.63, 3.8) is 0 Å². The van der Waals surface area contributed by atoms with Crippen molar-refractivity contribution in [3.8, 4) is 5.69 Å². The van der Waals surface area contributed by atoms with E-state index in [0.717, 1.165) is 18.6 Å². The molecule has 2 aromatic rings. The smallest absolute Gasteiger partial charge is 0.259 e. The van der Waals surface area contributed by atoms with Gasteiger partial charge in [0.1, 0.15) is 11.4 Å². The van der Waals surface area contributed by atoms with Crippen LogP contribution in [-0.2, 0) is 4.79 Å². The molecule has 0 unspecified atom stereocenters. The SMILES string of the molecule is CSCCC(=O)NC12CC(C1)N(C(=O)c1c(F)cccc1-n1cccn1)C2. The maximum Gasteiger partial charge on any atom is 0.259 e. The van der Waals surface area contributed by atoms with Gasteiger partial charge in [-0.15, -0.1) is 0 Å². The molecule has 0 spiro atoms. The van der Waals surface area contributed by atoms with Crippen LogP contribution in [0.4, 0.5) is 4.39 Å². The molecule has 0 radical (unpaired) electrons. The molecule has 1 aromatic carbocycles. The van der Waals surface area contributed by atoms with Crippen LogP contribution in [0.25, 0.3) is 5.69 Å². The molecule has 1 N–H and O–H groups in total. The third-order valence-corrected chi connectivity index (χ3v) is 5.93. The topological polar surface area (TPSA) is 67.2 Å². The summed E-state index contributed by atoms with van der Waals surface area (Å²) >= 11 is 1.63. The van der Waals surface area contributed by atoms with Gasteiger partial charge in [0, 0.05) is 37.2 Å². The average molecular weight is 388 g/mol. The van der Waals surface area contributed by atoms with Gasteiger partial charge in [-0.2, -0.15) is 16.9 Å². The summed E-state index contributed by atoms with van der Waals surface area (Å²) in [6, 6.07) is 6.32. The second-order valence-corrected chi connectivity index (χ2v) is 8.14. The highest BCUT2D eigenvalue weighted by Gasteiger charge is 2.57. The summed E-state index contributed by atoms with van der Waals surface area (Å²) in [4.78, 5) is 26.9. The first-order valence-electron chi connectivity index (χ1n) is 8.92. The molecule has 8 heteroatoms. The lowest BCUT2D eigenvalue weighted by molar-refractivity contribution is -0.123. The summed E-state index contributed by atoms with van der Waals surface area (Å²) in [7, 11) is 0. The number of carbonyl (C=O) groups excluding carboxylic acids is 2. The number of carbonyl (C=O) groups is 2. The van der Waals surface area contributed by atoms with E-state index in [1.54, 1.807) is 47.3 Å². The Labute approximate surface area is 161 Å².